The molecule has 31 heavy (non-hydrogen) atoms. The van der Waals surface area contributed by atoms with E-state index in [1.807, 2.05) is 12.1 Å². The molecule has 0 radical (unpaired) electrons. The van der Waals surface area contributed by atoms with Gasteiger partial charge in [-0.25, -0.2) is 4.99 Å². The number of rotatable bonds is 9. The van der Waals surface area contributed by atoms with Gasteiger partial charge in [0.15, 0.2) is 5.96 Å². The third-order valence-electron chi connectivity index (χ3n) is 5.94. The summed E-state index contributed by atoms with van der Waals surface area (Å²) in [6, 6.07) is 8.52. The Morgan fingerprint density at radius 1 is 1.23 bits per heavy atom. The summed E-state index contributed by atoms with van der Waals surface area (Å²) in [6.07, 6.45) is 4.80. The number of benzene rings is 1. The number of carbonyl (C=O) groups is 1. The highest BCUT2D eigenvalue weighted by Gasteiger charge is 2.24. The molecule has 2 unspecified atom stereocenters. The first-order chi connectivity index (χ1) is 15.1. The van der Waals surface area contributed by atoms with Crippen molar-refractivity contribution in [1.29, 1.82) is 0 Å². The van der Waals surface area contributed by atoms with Crippen LogP contribution in [0.2, 0.25) is 0 Å². The molecule has 1 aromatic rings. The number of carbonyl (C=O) groups excluding carboxylic acids is 1. The zero-order chi connectivity index (χ0) is 22.1. The summed E-state index contributed by atoms with van der Waals surface area (Å²) in [6.45, 7) is 4.52. The van der Waals surface area contributed by atoms with Gasteiger partial charge >= 0.3 is 0 Å². The number of aliphatic imine (C=N–C) groups is 1. The fraction of sp³-hybridized carbons (Fsp3) is 0.652. The van der Waals surface area contributed by atoms with Gasteiger partial charge < -0.3 is 25.0 Å². The van der Waals surface area contributed by atoms with Gasteiger partial charge in [0.05, 0.1) is 19.3 Å². The van der Waals surface area contributed by atoms with Gasteiger partial charge in [0.25, 0.3) is 0 Å². The number of hydrogen-bond acceptors (Lipinski definition) is 5. The highest BCUT2D eigenvalue weighted by atomic mass is 16.5. The largest absolute Gasteiger partial charge is 0.497 e. The van der Waals surface area contributed by atoms with E-state index >= 15 is 0 Å². The second kappa shape index (κ2) is 11.9. The van der Waals surface area contributed by atoms with Crippen LogP contribution in [0.4, 0.5) is 0 Å². The molecule has 2 N–H and O–H groups in total. The monoisotopic (exact) mass is 431 g/mol. The third kappa shape index (κ3) is 7.11. The summed E-state index contributed by atoms with van der Waals surface area (Å²) in [7, 11) is 5.18. The molecule has 0 saturated carbocycles. The maximum Gasteiger partial charge on any atom is 0.243 e. The molecule has 3 rings (SSSR count). The van der Waals surface area contributed by atoms with Crippen molar-refractivity contribution in [3.05, 3.63) is 29.8 Å². The number of methoxy groups -OCH3 is 1. The molecule has 0 aliphatic carbocycles. The zero-order valence-corrected chi connectivity index (χ0v) is 19.1. The molecule has 0 aromatic heterocycles. The van der Waals surface area contributed by atoms with E-state index in [9.17, 15) is 4.79 Å². The average molecular weight is 432 g/mol. The molecule has 2 atom stereocenters. The van der Waals surface area contributed by atoms with Crippen molar-refractivity contribution in [3.63, 3.8) is 0 Å². The van der Waals surface area contributed by atoms with Gasteiger partial charge in [-0.05, 0) is 56.5 Å². The summed E-state index contributed by atoms with van der Waals surface area (Å²) in [5.74, 6) is 1.49. The normalized spacial score (nSPS) is 20.5. The number of amides is 1. The lowest BCUT2D eigenvalue weighted by Gasteiger charge is -2.29. The summed E-state index contributed by atoms with van der Waals surface area (Å²) in [5.41, 5.74) is 1.25. The van der Waals surface area contributed by atoms with Gasteiger partial charge in [0, 0.05) is 33.8 Å². The lowest BCUT2D eigenvalue weighted by molar-refractivity contribution is -0.127. The minimum atomic E-state index is -0.0236. The smallest absolute Gasteiger partial charge is 0.243 e. The number of ether oxygens (including phenoxy) is 2. The molecule has 0 spiro atoms. The number of likely N-dealkylation sites (tertiary alicyclic amines) is 1. The van der Waals surface area contributed by atoms with Gasteiger partial charge in [-0.3, -0.25) is 9.69 Å². The standard InChI is InChI=1S/C23H37N5O3/c1-27(2)22(29)17-26-23(24-15-20-7-6-14-31-20)25-16-21(28-12-4-5-13-28)18-8-10-19(30-3)11-9-18/h8-11,20-21H,4-7,12-17H2,1-3H3,(H2,24,25,26). The average Bonchev–Trinajstić information content (AvgIpc) is 3.50. The molecule has 8 nitrogen and oxygen atoms in total. The van der Waals surface area contributed by atoms with Gasteiger partial charge in [-0.1, -0.05) is 12.1 Å². The van der Waals surface area contributed by atoms with Crippen LogP contribution >= 0.6 is 0 Å². The number of guanidine groups is 1. The summed E-state index contributed by atoms with van der Waals surface area (Å²) in [5, 5.41) is 6.86. The van der Waals surface area contributed by atoms with Crippen LogP contribution in [0.25, 0.3) is 0 Å². The molecule has 2 fully saturated rings. The topological polar surface area (TPSA) is 78.4 Å². The van der Waals surface area contributed by atoms with Crippen LogP contribution in [0.15, 0.2) is 29.3 Å². The molecule has 2 aliphatic heterocycles. The molecule has 8 heteroatoms. The highest BCUT2D eigenvalue weighted by Crippen LogP contribution is 2.26. The fourth-order valence-corrected chi connectivity index (χ4v) is 4.01. The first-order valence-corrected chi connectivity index (χ1v) is 11.3. The van der Waals surface area contributed by atoms with Crippen LogP contribution < -0.4 is 15.4 Å². The van der Waals surface area contributed by atoms with E-state index in [1.165, 1.54) is 18.4 Å². The van der Waals surface area contributed by atoms with Crippen molar-refractivity contribution < 1.29 is 14.3 Å². The molecule has 172 valence electrons. The van der Waals surface area contributed by atoms with Crippen LogP contribution in [0.5, 0.6) is 5.75 Å². The van der Waals surface area contributed by atoms with E-state index in [-0.39, 0.29) is 24.6 Å². The second-order valence-corrected chi connectivity index (χ2v) is 8.38. The van der Waals surface area contributed by atoms with Crippen molar-refractivity contribution in [2.45, 2.75) is 37.8 Å². The second-order valence-electron chi connectivity index (χ2n) is 8.38. The molecule has 1 aromatic carbocycles. The maximum atomic E-state index is 12.1. The van der Waals surface area contributed by atoms with Gasteiger partial charge in [0.1, 0.15) is 12.3 Å². The van der Waals surface area contributed by atoms with E-state index in [0.717, 1.165) is 38.3 Å². The Hall–Kier alpha value is -2.32. The lowest BCUT2D eigenvalue weighted by atomic mass is 10.1. The Balaban J connectivity index is 1.67. The molecule has 2 aliphatic rings. The summed E-state index contributed by atoms with van der Waals surface area (Å²) >= 11 is 0. The van der Waals surface area contributed by atoms with Crippen LogP contribution in [0, 0.1) is 0 Å². The Bertz CT molecular complexity index is 710. The fourth-order valence-electron chi connectivity index (χ4n) is 4.01. The van der Waals surface area contributed by atoms with Crippen LogP contribution in [0.3, 0.4) is 0 Å². The summed E-state index contributed by atoms with van der Waals surface area (Å²) in [4.78, 5) is 20.7. The van der Waals surface area contributed by atoms with E-state index < -0.39 is 0 Å². The Morgan fingerprint density at radius 3 is 2.58 bits per heavy atom. The van der Waals surface area contributed by atoms with Crippen LogP contribution in [-0.4, -0.2) is 88.3 Å². The van der Waals surface area contributed by atoms with E-state index in [1.54, 1.807) is 26.1 Å². The number of nitrogens with one attached hydrogen (secondary N) is 2. The third-order valence-corrected chi connectivity index (χ3v) is 5.94. The Morgan fingerprint density at radius 2 is 1.97 bits per heavy atom. The Labute approximate surface area is 186 Å². The number of nitrogens with zero attached hydrogens (tertiary/aromatic N) is 3. The quantitative estimate of drug-likeness (QED) is 0.457. The van der Waals surface area contributed by atoms with Gasteiger partial charge in [-0.2, -0.15) is 0 Å². The highest BCUT2D eigenvalue weighted by molar-refractivity contribution is 5.84. The minimum absolute atomic E-state index is 0.0236. The van der Waals surface area contributed by atoms with E-state index in [0.29, 0.717) is 19.0 Å². The van der Waals surface area contributed by atoms with Crippen molar-refractivity contribution in [3.8, 4) is 5.75 Å². The molecular weight excluding hydrogens is 394 g/mol. The van der Waals surface area contributed by atoms with Crippen molar-refractivity contribution in [2.24, 2.45) is 4.99 Å². The van der Waals surface area contributed by atoms with Crippen LogP contribution in [-0.2, 0) is 9.53 Å². The maximum absolute atomic E-state index is 12.1. The van der Waals surface area contributed by atoms with Crippen molar-refractivity contribution in [2.75, 3.05) is 60.5 Å². The number of hydrogen-bond donors (Lipinski definition) is 2. The van der Waals surface area contributed by atoms with E-state index in [4.69, 9.17) is 9.47 Å². The van der Waals surface area contributed by atoms with Gasteiger partial charge in [0.2, 0.25) is 5.91 Å². The zero-order valence-electron chi connectivity index (χ0n) is 19.1. The SMILES string of the molecule is COc1ccc(C(CNC(=NCC(=O)N(C)C)NCC2CCCO2)N2CCCC2)cc1. The van der Waals surface area contributed by atoms with Crippen molar-refractivity contribution >= 4 is 11.9 Å². The molecule has 1 amide bonds. The first-order valence-electron chi connectivity index (χ1n) is 11.3. The predicted molar refractivity (Wildman–Crippen MR) is 123 cm³/mol. The molecular formula is C23H37N5O3. The van der Waals surface area contributed by atoms with Crippen molar-refractivity contribution in [1.82, 2.24) is 20.4 Å². The summed E-state index contributed by atoms with van der Waals surface area (Å²) < 4.78 is 11.0. The molecule has 0 bridgehead atoms. The molecule has 2 heterocycles. The number of likely N-dealkylation sites (N-methyl/N-ethyl adjacent to an activating group) is 1. The van der Waals surface area contributed by atoms with Gasteiger partial charge in [-0.15, -0.1) is 0 Å². The minimum Gasteiger partial charge on any atom is -0.497 e. The lowest BCUT2D eigenvalue weighted by Crippen LogP contribution is -2.45. The predicted octanol–water partition coefficient (Wildman–Crippen LogP) is 1.63. The van der Waals surface area contributed by atoms with E-state index in [2.05, 4.69) is 32.7 Å². The molecule has 2 saturated heterocycles. The van der Waals surface area contributed by atoms with Crippen LogP contribution in [0.1, 0.15) is 37.3 Å². The Kier molecular flexibility index (Phi) is 8.97. The first kappa shape index (κ1) is 23.3.